The molecule has 1 N–H and O–H groups in total. The third kappa shape index (κ3) is 2.70. The first-order valence-corrected chi connectivity index (χ1v) is 5.99. The first kappa shape index (κ1) is 12.6. The summed E-state index contributed by atoms with van der Waals surface area (Å²) in [5, 5.41) is 20.3. The van der Waals surface area contributed by atoms with E-state index in [4.69, 9.17) is 0 Å². The monoisotopic (exact) mass is 251 g/mol. The third-order valence-electron chi connectivity index (χ3n) is 3.24. The van der Waals surface area contributed by atoms with Gasteiger partial charge in [-0.2, -0.15) is 0 Å². The lowest BCUT2D eigenvalue weighted by Gasteiger charge is -2.22. The van der Waals surface area contributed by atoms with Crippen LogP contribution in [-0.2, 0) is 0 Å². The average molecular weight is 251 g/mol. The number of hydrogen-bond donors (Lipinski definition) is 1. The quantitative estimate of drug-likeness (QED) is 0.636. The molecule has 98 valence electrons. The van der Waals surface area contributed by atoms with E-state index in [0.717, 1.165) is 38.3 Å². The fourth-order valence-electron chi connectivity index (χ4n) is 2.17. The molecule has 18 heavy (non-hydrogen) atoms. The highest BCUT2D eigenvalue weighted by Crippen LogP contribution is 2.30. The molecule has 1 aliphatic heterocycles. The number of likely N-dealkylation sites (N-methyl/N-ethyl adjacent to an activating group) is 1. The van der Waals surface area contributed by atoms with Gasteiger partial charge in [0.05, 0.1) is 4.92 Å². The van der Waals surface area contributed by atoms with Crippen LogP contribution in [0.4, 0.5) is 11.4 Å². The number of rotatable bonds is 2. The molecule has 1 aliphatic rings. The zero-order chi connectivity index (χ0) is 13.1. The van der Waals surface area contributed by atoms with Gasteiger partial charge in [-0.05, 0) is 26.1 Å². The van der Waals surface area contributed by atoms with Crippen molar-refractivity contribution < 1.29 is 10.0 Å². The molecule has 6 nitrogen and oxygen atoms in total. The number of benzene rings is 1. The first-order valence-electron chi connectivity index (χ1n) is 5.99. The maximum atomic E-state index is 10.6. The van der Waals surface area contributed by atoms with E-state index in [1.165, 1.54) is 12.1 Å². The van der Waals surface area contributed by atoms with E-state index in [2.05, 4.69) is 16.8 Å². The molecular formula is C12H17N3O3. The van der Waals surface area contributed by atoms with Crippen LogP contribution in [0, 0.1) is 10.1 Å². The number of nitro groups is 1. The Kier molecular flexibility index (Phi) is 3.66. The third-order valence-corrected chi connectivity index (χ3v) is 3.24. The van der Waals surface area contributed by atoms with Gasteiger partial charge in [-0.25, -0.2) is 0 Å². The fraction of sp³-hybridized carbons (Fsp3) is 0.500. The minimum absolute atomic E-state index is 0.245. The lowest BCUT2D eigenvalue weighted by molar-refractivity contribution is -0.385. The smallest absolute Gasteiger partial charge is 0.310 e. The summed E-state index contributed by atoms with van der Waals surface area (Å²) in [5.74, 6) is -0.268. The minimum atomic E-state index is -0.574. The van der Waals surface area contributed by atoms with Crippen molar-refractivity contribution in [1.82, 2.24) is 4.90 Å². The number of phenolic OH excluding ortho intramolecular Hbond substituents is 1. The van der Waals surface area contributed by atoms with Crippen molar-refractivity contribution in [3.05, 3.63) is 28.3 Å². The molecule has 0 radical (unpaired) electrons. The molecule has 0 bridgehead atoms. The summed E-state index contributed by atoms with van der Waals surface area (Å²) in [6, 6.07) is 4.53. The normalized spacial score (nSPS) is 17.5. The Labute approximate surface area is 106 Å². The van der Waals surface area contributed by atoms with Crippen molar-refractivity contribution >= 4 is 11.4 Å². The zero-order valence-electron chi connectivity index (χ0n) is 10.4. The molecule has 0 aromatic heterocycles. The largest absolute Gasteiger partial charge is 0.502 e. The molecule has 6 heteroatoms. The van der Waals surface area contributed by atoms with Crippen LogP contribution in [0.2, 0.25) is 0 Å². The summed E-state index contributed by atoms with van der Waals surface area (Å²) in [7, 11) is 2.08. The van der Waals surface area contributed by atoms with E-state index in [1.807, 2.05) is 0 Å². The van der Waals surface area contributed by atoms with Crippen LogP contribution < -0.4 is 4.90 Å². The average Bonchev–Trinajstić information content (AvgIpc) is 2.53. The molecule has 1 fully saturated rings. The Balaban J connectivity index is 2.18. The molecular weight excluding hydrogens is 234 g/mol. The van der Waals surface area contributed by atoms with Gasteiger partial charge in [0, 0.05) is 37.5 Å². The number of nitro benzene ring substituents is 1. The number of hydrogen-bond acceptors (Lipinski definition) is 5. The highest BCUT2D eigenvalue weighted by atomic mass is 16.6. The summed E-state index contributed by atoms with van der Waals surface area (Å²) in [5.41, 5.74) is 0.596. The van der Waals surface area contributed by atoms with E-state index in [-0.39, 0.29) is 11.4 Å². The van der Waals surface area contributed by atoms with Crippen LogP contribution in [0.1, 0.15) is 6.42 Å². The van der Waals surface area contributed by atoms with Crippen LogP contribution in [0.5, 0.6) is 5.75 Å². The summed E-state index contributed by atoms with van der Waals surface area (Å²) in [4.78, 5) is 14.5. The maximum Gasteiger partial charge on any atom is 0.310 e. The molecule has 0 atom stereocenters. The van der Waals surface area contributed by atoms with Gasteiger partial charge in [0.15, 0.2) is 5.75 Å². The Hall–Kier alpha value is -1.82. The van der Waals surface area contributed by atoms with Gasteiger partial charge < -0.3 is 14.9 Å². The van der Waals surface area contributed by atoms with Gasteiger partial charge in [-0.1, -0.05) is 0 Å². The Morgan fingerprint density at radius 1 is 1.28 bits per heavy atom. The van der Waals surface area contributed by atoms with Crippen molar-refractivity contribution in [1.29, 1.82) is 0 Å². The minimum Gasteiger partial charge on any atom is -0.502 e. The van der Waals surface area contributed by atoms with Gasteiger partial charge in [-0.15, -0.1) is 0 Å². The maximum absolute atomic E-state index is 10.6. The van der Waals surface area contributed by atoms with Crippen LogP contribution in [-0.4, -0.2) is 48.2 Å². The second-order valence-electron chi connectivity index (χ2n) is 4.57. The van der Waals surface area contributed by atoms with Gasteiger partial charge in [0.2, 0.25) is 0 Å². The van der Waals surface area contributed by atoms with E-state index < -0.39 is 4.92 Å². The van der Waals surface area contributed by atoms with Crippen LogP contribution in [0.3, 0.4) is 0 Å². The Bertz CT molecular complexity index is 450. The second-order valence-corrected chi connectivity index (χ2v) is 4.57. The number of phenols is 1. The van der Waals surface area contributed by atoms with Crippen LogP contribution in [0.15, 0.2) is 18.2 Å². The lowest BCUT2D eigenvalue weighted by Crippen LogP contribution is -2.28. The summed E-state index contributed by atoms with van der Waals surface area (Å²) in [6.45, 7) is 3.78. The second kappa shape index (κ2) is 5.22. The van der Waals surface area contributed by atoms with Crippen molar-refractivity contribution in [2.45, 2.75) is 6.42 Å². The highest BCUT2D eigenvalue weighted by Gasteiger charge is 2.17. The SMILES string of the molecule is CN1CCCN(c2ccc([N+](=O)[O-])c(O)c2)CC1. The molecule has 0 saturated carbocycles. The first-order chi connectivity index (χ1) is 8.58. The van der Waals surface area contributed by atoms with Crippen LogP contribution in [0.25, 0.3) is 0 Å². The predicted molar refractivity (Wildman–Crippen MR) is 69.1 cm³/mol. The standard InChI is InChI=1S/C12H17N3O3/c1-13-5-2-6-14(8-7-13)10-3-4-11(15(17)18)12(16)9-10/h3-4,9,16H,2,5-8H2,1H3. The molecule has 0 spiro atoms. The van der Waals surface area contributed by atoms with Gasteiger partial charge >= 0.3 is 5.69 Å². The fourth-order valence-corrected chi connectivity index (χ4v) is 2.17. The Morgan fingerprint density at radius 2 is 2.06 bits per heavy atom. The molecule has 0 aliphatic carbocycles. The molecule has 2 rings (SSSR count). The van der Waals surface area contributed by atoms with E-state index in [1.54, 1.807) is 6.07 Å². The van der Waals surface area contributed by atoms with Crippen LogP contribution >= 0.6 is 0 Å². The molecule has 1 aromatic rings. The van der Waals surface area contributed by atoms with Crippen molar-refractivity contribution in [3.63, 3.8) is 0 Å². The van der Waals surface area contributed by atoms with E-state index in [9.17, 15) is 15.2 Å². The van der Waals surface area contributed by atoms with E-state index >= 15 is 0 Å². The summed E-state index contributed by atoms with van der Waals surface area (Å²) < 4.78 is 0. The van der Waals surface area contributed by atoms with Gasteiger partial charge in [0.25, 0.3) is 0 Å². The zero-order valence-corrected chi connectivity index (χ0v) is 10.4. The molecule has 0 amide bonds. The van der Waals surface area contributed by atoms with Crippen molar-refractivity contribution in [2.75, 3.05) is 38.1 Å². The number of aromatic hydroxyl groups is 1. The van der Waals surface area contributed by atoms with E-state index in [0.29, 0.717) is 0 Å². The predicted octanol–water partition coefficient (Wildman–Crippen LogP) is 1.44. The molecule has 1 saturated heterocycles. The van der Waals surface area contributed by atoms with Gasteiger partial charge in [-0.3, -0.25) is 10.1 Å². The number of anilines is 1. The molecule has 1 heterocycles. The molecule has 0 unspecified atom stereocenters. The Morgan fingerprint density at radius 3 is 2.72 bits per heavy atom. The molecule has 1 aromatic carbocycles. The summed E-state index contributed by atoms with van der Waals surface area (Å²) in [6.07, 6.45) is 1.05. The van der Waals surface area contributed by atoms with Crippen molar-refractivity contribution in [3.8, 4) is 5.75 Å². The van der Waals surface area contributed by atoms with Gasteiger partial charge in [0.1, 0.15) is 0 Å². The summed E-state index contributed by atoms with van der Waals surface area (Å²) >= 11 is 0. The van der Waals surface area contributed by atoms with Crippen molar-refractivity contribution in [2.24, 2.45) is 0 Å². The number of nitrogens with zero attached hydrogens (tertiary/aromatic N) is 3. The lowest BCUT2D eigenvalue weighted by atomic mass is 10.2. The highest BCUT2D eigenvalue weighted by molar-refractivity contribution is 5.58. The topological polar surface area (TPSA) is 69.9 Å².